The van der Waals surface area contributed by atoms with Crippen molar-refractivity contribution in [3.05, 3.63) is 94.0 Å². The number of para-hydroxylation sites is 1. The molecule has 0 saturated heterocycles. The molecule has 10 heteroatoms. The zero-order valence-electron chi connectivity index (χ0n) is 16.7. The summed E-state index contributed by atoms with van der Waals surface area (Å²) >= 11 is 0. The first-order valence-corrected chi connectivity index (χ1v) is 10.5. The number of rotatable bonds is 7. The quantitative estimate of drug-likeness (QED) is 0.185. The van der Waals surface area contributed by atoms with E-state index in [0.29, 0.717) is 16.9 Å². The third-order valence-corrected chi connectivity index (χ3v) is 5.29. The van der Waals surface area contributed by atoms with Crippen LogP contribution in [0.4, 0.5) is 15.3 Å². The molecule has 0 radical (unpaired) electrons. The summed E-state index contributed by atoms with van der Waals surface area (Å²) in [5.74, 6) is -0.126. The summed E-state index contributed by atoms with van der Waals surface area (Å²) in [4.78, 5) is 22.9. The highest BCUT2D eigenvalue weighted by molar-refractivity contribution is 7.86. The Bertz CT molecular complexity index is 1290. The number of nitro benzene ring substituents is 1. The largest absolute Gasteiger partial charge is 0.496 e. The Labute approximate surface area is 183 Å². The zero-order chi connectivity index (χ0) is 23.3. The van der Waals surface area contributed by atoms with E-state index in [4.69, 9.17) is 4.74 Å². The Balaban J connectivity index is 2.00. The molecule has 0 aliphatic heterocycles. The average molecular weight is 456 g/mol. The summed E-state index contributed by atoms with van der Waals surface area (Å²) < 4.78 is 40.4. The summed E-state index contributed by atoms with van der Waals surface area (Å²) in [6, 6.07) is 17.0. The summed E-state index contributed by atoms with van der Waals surface area (Å²) in [5, 5.41) is 13.5. The van der Waals surface area contributed by atoms with Crippen molar-refractivity contribution in [2.24, 2.45) is 0 Å². The van der Waals surface area contributed by atoms with Crippen molar-refractivity contribution in [1.29, 1.82) is 0 Å². The number of hydrogen-bond donors (Lipinski definition) is 1. The molecule has 0 aromatic heterocycles. The van der Waals surface area contributed by atoms with E-state index in [9.17, 15) is 27.2 Å². The first-order valence-electron chi connectivity index (χ1n) is 9.14. The van der Waals surface area contributed by atoms with E-state index in [0.717, 1.165) is 12.1 Å². The molecule has 0 aliphatic rings. The van der Waals surface area contributed by atoms with Gasteiger partial charge < -0.3 is 10.1 Å². The molecular formula is C22H17FN2O6S. The van der Waals surface area contributed by atoms with Gasteiger partial charge in [0, 0.05) is 23.4 Å². The van der Waals surface area contributed by atoms with Gasteiger partial charge in [0.15, 0.2) is 0 Å². The summed E-state index contributed by atoms with van der Waals surface area (Å²) in [7, 11) is -3.40. The summed E-state index contributed by atoms with van der Waals surface area (Å²) in [6.07, 6.45) is 1.54. The fraction of sp³-hybridized carbons (Fsp3) is 0.0455. The minimum atomic E-state index is -4.86. The van der Waals surface area contributed by atoms with Gasteiger partial charge in [-0.25, -0.2) is 0 Å². The van der Waals surface area contributed by atoms with Crippen LogP contribution < -0.4 is 10.1 Å². The lowest BCUT2D eigenvalue weighted by atomic mass is 10.0. The number of ether oxygens (including phenoxy) is 1. The highest BCUT2D eigenvalue weighted by atomic mass is 32.3. The second kappa shape index (κ2) is 9.40. The monoisotopic (exact) mass is 456 g/mol. The summed E-state index contributed by atoms with van der Waals surface area (Å²) in [5.41, 5.74) is 1.35. The van der Waals surface area contributed by atoms with Gasteiger partial charge in [0.05, 0.1) is 22.5 Å². The van der Waals surface area contributed by atoms with Crippen molar-refractivity contribution in [3.8, 4) is 5.75 Å². The molecule has 0 spiro atoms. The molecule has 0 fully saturated rings. The van der Waals surface area contributed by atoms with Crippen molar-refractivity contribution < 1.29 is 26.8 Å². The number of benzene rings is 3. The van der Waals surface area contributed by atoms with E-state index in [1.54, 1.807) is 24.3 Å². The van der Waals surface area contributed by atoms with Crippen molar-refractivity contribution in [1.82, 2.24) is 0 Å². The number of nitrogens with one attached hydrogen (secondary N) is 1. The number of carbonyl (C=O) groups is 1. The van der Waals surface area contributed by atoms with Crippen LogP contribution in [0.15, 0.2) is 77.7 Å². The Morgan fingerprint density at radius 1 is 1.03 bits per heavy atom. The molecular weight excluding hydrogens is 439 g/mol. The lowest BCUT2D eigenvalue weighted by Crippen LogP contribution is -2.14. The number of hydrogen-bond acceptors (Lipinski definition) is 6. The van der Waals surface area contributed by atoms with Gasteiger partial charge in [0.1, 0.15) is 5.75 Å². The molecule has 3 rings (SSSR count). The molecule has 0 atom stereocenters. The predicted octanol–water partition coefficient (Wildman–Crippen LogP) is 4.44. The first kappa shape index (κ1) is 22.6. The maximum atomic E-state index is 13.1. The molecule has 0 aliphatic carbocycles. The van der Waals surface area contributed by atoms with Gasteiger partial charge >= 0.3 is 10.2 Å². The van der Waals surface area contributed by atoms with Crippen LogP contribution in [0.25, 0.3) is 11.6 Å². The first-order chi connectivity index (χ1) is 15.2. The smallest absolute Gasteiger partial charge is 0.332 e. The Morgan fingerprint density at radius 2 is 1.66 bits per heavy atom. The Kier molecular flexibility index (Phi) is 6.64. The third kappa shape index (κ3) is 5.35. The van der Waals surface area contributed by atoms with Gasteiger partial charge in [-0.05, 0) is 54.1 Å². The van der Waals surface area contributed by atoms with Crippen molar-refractivity contribution in [2.75, 3.05) is 12.4 Å². The third-order valence-electron chi connectivity index (χ3n) is 4.45. The molecule has 3 aromatic carbocycles. The van der Waals surface area contributed by atoms with Crippen LogP contribution in [0, 0.1) is 10.1 Å². The van der Waals surface area contributed by atoms with E-state index in [-0.39, 0.29) is 16.9 Å². The van der Waals surface area contributed by atoms with Gasteiger partial charge in [-0.2, -0.15) is 8.42 Å². The van der Waals surface area contributed by atoms with Gasteiger partial charge in [0.25, 0.3) is 11.6 Å². The van der Waals surface area contributed by atoms with Gasteiger partial charge in [-0.1, -0.05) is 18.2 Å². The minimum Gasteiger partial charge on any atom is -0.496 e. The van der Waals surface area contributed by atoms with Crippen LogP contribution in [0.1, 0.15) is 11.1 Å². The molecule has 32 heavy (non-hydrogen) atoms. The fourth-order valence-corrected chi connectivity index (χ4v) is 3.35. The molecule has 1 N–H and O–H groups in total. The molecule has 0 saturated carbocycles. The predicted molar refractivity (Wildman–Crippen MR) is 117 cm³/mol. The van der Waals surface area contributed by atoms with Gasteiger partial charge in [-0.3, -0.25) is 14.9 Å². The van der Waals surface area contributed by atoms with E-state index in [1.807, 2.05) is 0 Å². The number of nitrogens with zero attached hydrogens (tertiary/aromatic N) is 1. The van der Waals surface area contributed by atoms with E-state index < -0.39 is 25.9 Å². The van der Waals surface area contributed by atoms with Crippen LogP contribution in [0.5, 0.6) is 5.75 Å². The number of carbonyl (C=O) groups excluding carboxylic acids is 1. The maximum Gasteiger partial charge on any atom is 0.332 e. The number of amides is 1. The Morgan fingerprint density at radius 3 is 2.22 bits per heavy atom. The second-order valence-corrected chi connectivity index (χ2v) is 7.87. The molecule has 0 bridgehead atoms. The second-order valence-electron chi connectivity index (χ2n) is 6.52. The number of non-ortho nitro benzene ring substituents is 1. The minimum absolute atomic E-state index is 0.0895. The lowest BCUT2D eigenvalue weighted by Gasteiger charge is -2.13. The maximum absolute atomic E-state index is 13.1. The molecule has 164 valence electrons. The number of anilines is 1. The van der Waals surface area contributed by atoms with Crippen molar-refractivity contribution in [3.63, 3.8) is 0 Å². The topological polar surface area (TPSA) is 116 Å². The highest BCUT2D eigenvalue weighted by Crippen LogP contribution is 2.29. The van der Waals surface area contributed by atoms with E-state index in [2.05, 4.69) is 5.32 Å². The average Bonchev–Trinajstić information content (AvgIpc) is 2.77. The molecule has 1 amide bonds. The SMILES string of the molecule is COc1ccccc1/C(=C\c1ccc([N+](=O)[O-])cc1)C(=O)Nc1ccc(S(=O)(=O)F)cc1. The molecule has 0 heterocycles. The van der Waals surface area contributed by atoms with Gasteiger partial charge in [0.2, 0.25) is 0 Å². The van der Waals surface area contributed by atoms with E-state index >= 15 is 0 Å². The zero-order valence-corrected chi connectivity index (χ0v) is 17.5. The van der Waals surface area contributed by atoms with Crippen LogP contribution >= 0.6 is 0 Å². The van der Waals surface area contributed by atoms with Gasteiger partial charge in [-0.15, -0.1) is 3.89 Å². The normalized spacial score (nSPS) is 11.6. The lowest BCUT2D eigenvalue weighted by molar-refractivity contribution is -0.384. The number of nitro groups is 1. The van der Waals surface area contributed by atoms with E-state index in [1.165, 1.54) is 49.6 Å². The number of halogens is 1. The standard InChI is InChI=1S/C22H17FN2O6S/c1-31-21-5-3-2-4-19(21)20(14-15-6-10-17(11-7-15)25(27)28)22(26)24-16-8-12-18(13-9-16)32(23,29)30/h2-14H,1H3,(H,24,26)/b20-14+. The van der Waals surface area contributed by atoms with Crippen molar-refractivity contribution in [2.45, 2.75) is 4.90 Å². The van der Waals surface area contributed by atoms with Crippen LogP contribution in [0.3, 0.4) is 0 Å². The summed E-state index contributed by atoms with van der Waals surface area (Å²) in [6.45, 7) is 0. The molecule has 3 aromatic rings. The van der Waals surface area contributed by atoms with Crippen LogP contribution in [-0.2, 0) is 15.0 Å². The van der Waals surface area contributed by atoms with Crippen LogP contribution in [-0.4, -0.2) is 26.4 Å². The molecule has 8 nitrogen and oxygen atoms in total. The fourth-order valence-electron chi connectivity index (χ4n) is 2.89. The molecule has 0 unspecified atom stereocenters. The highest BCUT2D eigenvalue weighted by Gasteiger charge is 2.18. The number of methoxy groups -OCH3 is 1. The van der Waals surface area contributed by atoms with Crippen molar-refractivity contribution >= 4 is 39.2 Å². The Hall–Kier alpha value is -4.05. The van der Waals surface area contributed by atoms with Crippen LogP contribution in [0.2, 0.25) is 0 Å².